The Morgan fingerprint density at radius 3 is 2.50 bits per heavy atom. The van der Waals surface area contributed by atoms with Crippen LogP contribution in [0.15, 0.2) is 60.8 Å². The lowest BCUT2D eigenvalue weighted by atomic mass is 10.1. The molecule has 1 heterocycles. The third kappa shape index (κ3) is 4.20. The average Bonchev–Trinajstić information content (AvgIpc) is 3.02. The Hall–Kier alpha value is -2.88. The minimum Gasteiger partial charge on any atom is -0.354 e. The first-order valence-corrected chi connectivity index (χ1v) is 9.10. The van der Waals surface area contributed by atoms with E-state index in [0.717, 1.165) is 23.7 Å². The lowest BCUT2D eigenvalue weighted by Crippen LogP contribution is -2.29. The molecule has 0 unspecified atom stereocenters. The van der Waals surface area contributed by atoms with Gasteiger partial charge in [0.25, 0.3) is 0 Å². The number of nitrogens with one attached hydrogen (secondary N) is 1. The molecule has 0 atom stereocenters. The Labute approximate surface area is 153 Å². The van der Waals surface area contributed by atoms with Gasteiger partial charge in [-0.25, -0.2) is 0 Å². The normalized spacial score (nSPS) is 10.8. The first-order chi connectivity index (χ1) is 12.7. The second-order valence-electron chi connectivity index (χ2n) is 6.45. The van der Waals surface area contributed by atoms with Crippen LogP contribution in [-0.2, 0) is 17.8 Å². The molecule has 0 radical (unpaired) electrons. The minimum absolute atomic E-state index is 0.0452. The van der Waals surface area contributed by atoms with Gasteiger partial charge < -0.3 is 9.88 Å². The second kappa shape index (κ2) is 8.48. The summed E-state index contributed by atoms with van der Waals surface area (Å²) in [6.07, 6.45) is 3.97. The maximum Gasteiger partial charge on any atom is 0.239 e. The van der Waals surface area contributed by atoms with E-state index in [9.17, 15) is 9.59 Å². The SMILES string of the molecule is CCCC(=O)c1cn(CC(=O)NCCc2ccccc2)c2ccccc12. The molecule has 2 aromatic carbocycles. The third-order valence-corrected chi connectivity index (χ3v) is 4.46. The Bertz CT molecular complexity index is 897. The molecule has 0 saturated carbocycles. The molecule has 0 bridgehead atoms. The van der Waals surface area contributed by atoms with Gasteiger partial charge in [-0.05, 0) is 24.5 Å². The van der Waals surface area contributed by atoms with E-state index in [0.29, 0.717) is 18.5 Å². The van der Waals surface area contributed by atoms with E-state index in [2.05, 4.69) is 17.4 Å². The Morgan fingerprint density at radius 1 is 1.00 bits per heavy atom. The van der Waals surface area contributed by atoms with Crippen LogP contribution in [0, 0.1) is 0 Å². The molecule has 26 heavy (non-hydrogen) atoms. The fourth-order valence-electron chi connectivity index (χ4n) is 3.16. The summed E-state index contributed by atoms with van der Waals surface area (Å²) in [5.41, 5.74) is 2.83. The fraction of sp³-hybridized carbons (Fsp3) is 0.273. The Balaban J connectivity index is 1.68. The zero-order valence-corrected chi connectivity index (χ0v) is 15.1. The monoisotopic (exact) mass is 348 g/mol. The number of fused-ring (bicyclic) bond motifs is 1. The van der Waals surface area contributed by atoms with Crippen LogP contribution in [-0.4, -0.2) is 22.8 Å². The first kappa shape index (κ1) is 17.9. The maximum atomic E-state index is 12.4. The molecule has 134 valence electrons. The Kier molecular flexibility index (Phi) is 5.84. The van der Waals surface area contributed by atoms with Crippen LogP contribution < -0.4 is 5.32 Å². The van der Waals surface area contributed by atoms with Crippen molar-refractivity contribution in [2.24, 2.45) is 0 Å². The number of carbonyl (C=O) groups is 2. The van der Waals surface area contributed by atoms with Crippen molar-refractivity contribution in [3.8, 4) is 0 Å². The highest BCUT2D eigenvalue weighted by Crippen LogP contribution is 2.23. The van der Waals surface area contributed by atoms with E-state index in [1.165, 1.54) is 5.56 Å². The van der Waals surface area contributed by atoms with Gasteiger partial charge in [-0.1, -0.05) is 55.5 Å². The van der Waals surface area contributed by atoms with E-state index in [-0.39, 0.29) is 18.2 Å². The van der Waals surface area contributed by atoms with Crippen LogP contribution in [0.25, 0.3) is 10.9 Å². The van der Waals surface area contributed by atoms with Crippen LogP contribution in [0.3, 0.4) is 0 Å². The number of aromatic nitrogens is 1. The standard InChI is InChI=1S/C22H24N2O2/c1-2-8-21(25)19-15-24(20-12-7-6-11-18(19)20)16-22(26)23-14-13-17-9-4-3-5-10-17/h3-7,9-12,15H,2,8,13-14,16H2,1H3,(H,23,26). The van der Waals surface area contributed by atoms with E-state index < -0.39 is 0 Å². The van der Waals surface area contributed by atoms with E-state index in [1.54, 1.807) is 0 Å². The van der Waals surface area contributed by atoms with Crippen molar-refractivity contribution in [3.63, 3.8) is 0 Å². The lowest BCUT2D eigenvalue weighted by molar-refractivity contribution is -0.121. The molecule has 0 aliphatic carbocycles. The third-order valence-electron chi connectivity index (χ3n) is 4.46. The van der Waals surface area contributed by atoms with Crippen LogP contribution in [0.1, 0.15) is 35.7 Å². The zero-order valence-electron chi connectivity index (χ0n) is 15.1. The van der Waals surface area contributed by atoms with Gasteiger partial charge in [0.1, 0.15) is 6.54 Å². The average molecular weight is 348 g/mol. The number of rotatable bonds is 8. The summed E-state index contributed by atoms with van der Waals surface area (Å²) >= 11 is 0. The molecule has 0 aliphatic heterocycles. The molecule has 3 rings (SSSR count). The van der Waals surface area contributed by atoms with Crippen molar-refractivity contribution >= 4 is 22.6 Å². The van der Waals surface area contributed by atoms with Gasteiger partial charge in [0.15, 0.2) is 5.78 Å². The summed E-state index contributed by atoms with van der Waals surface area (Å²) in [5.74, 6) is 0.0862. The van der Waals surface area contributed by atoms with Crippen molar-refractivity contribution in [1.29, 1.82) is 0 Å². The van der Waals surface area contributed by atoms with Crippen LogP contribution >= 0.6 is 0 Å². The van der Waals surface area contributed by atoms with Crippen molar-refractivity contribution in [2.75, 3.05) is 6.54 Å². The quantitative estimate of drug-likeness (QED) is 0.626. The summed E-state index contributed by atoms with van der Waals surface area (Å²) in [6, 6.07) is 17.8. The number of para-hydroxylation sites is 1. The number of carbonyl (C=O) groups excluding carboxylic acids is 2. The summed E-state index contributed by atoms with van der Waals surface area (Å²) in [5, 5.41) is 3.88. The molecule has 4 heteroatoms. The molecule has 0 fully saturated rings. The molecule has 3 aromatic rings. The van der Waals surface area contributed by atoms with Crippen molar-refractivity contribution in [3.05, 3.63) is 71.9 Å². The summed E-state index contributed by atoms with van der Waals surface area (Å²) < 4.78 is 1.87. The molecular weight excluding hydrogens is 324 g/mol. The molecule has 1 amide bonds. The van der Waals surface area contributed by atoms with Gasteiger partial charge in [0.2, 0.25) is 5.91 Å². The van der Waals surface area contributed by atoms with Gasteiger partial charge in [0.05, 0.1) is 0 Å². The largest absolute Gasteiger partial charge is 0.354 e. The van der Waals surface area contributed by atoms with Gasteiger partial charge in [-0.3, -0.25) is 9.59 Å². The number of nitrogens with zero attached hydrogens (tertiary/aromatic N) is 1. The van der Waals surface area contributed by atoms with Crippen LogP contribution in [0.4, 0.5) is 0 Å². The fourth-order valence-corrected chi connectivity index (χ4v) is 3.16. The first-order valence-electron chi connectivity index (χ1n) is 9.10. The number of hydrogen-bond acceptors (Lipinski definition) is 2. The van der Waals surface area contributed by atoms with Crippen LogP contribution in [0.5, 0.6) is 0 Å². The second-order valence-corrected chi connectivity index (χ2v) is 6.45. The predicted octanol–water partition coefficient (Wildman–Crippen LogP) is 3.98. The smallest absolute Gasteiger partial charge is 0.239 e. The summed E-state index contributed by atoms with van der Waals surface area (Å²) in [4.78, 5) is 24.7. The van der Waals surface area contributed by atoms with Gasteiger partial charge >= 0.3 is 0 Å². The van der Waals surface area contributed by atoms with E-state index >= 15 is 0 Å². The number of ketones is 1. The highest BCUT2D eigenvalue weighted by atomic mass is 16.2. The van der Waals surface area contributed by atoms with Crippen LogP contribution in [0.2, 0.25) is 0 Å². The molecule has 4 nitrogen and oxygen atoms in total. The highest BCUT2D eigenvalue weighted by Gasteiger charge is 2.15. The predicted molar refractivity (Wildman–Crippen MR) is 104 cm³/mol. The zero-order chi connectivity index (χ0) is 18.4. The van der Waals surface area contributed by atoms with Gasteiger partial charge in [0, 0.05) is 35.6 Å². The highest BCUT2D eigenvalue weighted by molar-refractivity contribution is 6.08. The molecule has 0 aliphatic rings. The summed E-state index contributed by atoms with van der Waals surface area (Å²) in [7, 11) is 0. The van der Waals surface area contributed by atoms with E-state index in [1.807, 2.05) is 60.2 Å². The van der Waals surface area contributed by atoms with Crippen molar-refractivity contribution in [1.82, 2.24) is 9.88 Å². The van der Waals surface area contributed by atoms with Gasteiger partial charge in [-0.2, -0.15) is 0 Å². The van der Waals surface area contributed by atoms with E-state index in [4.69, 9.17) is 0 Å². The molecular formula is C22H24N2O2. The van der Waals surface area contributed by atoms with Crippen molar-refractivity contribution < 1.29 is 9.59 Å². The number of hydrogen-bond donors (Lipinski definition) is 1. The van der Waals surface area contributed by atoms with Gasteiger partial charge in [-0.15, -0.1) is 0 Å². The molecule has 1 aromatic heterocycles. The Morgan fingerprint density at radius 2 is 1.73 bits per heavy atom. The number of benzene rings is 2. The lowest BCUT2D eigenvalue weighted by Gasteiger charge is -2.07. The molecule has 0 saturated heterocycles. The topological polar surface area (TPSA) is 51.1 Å². The minimum atomic E-state index is -0.0452. The number of amides is 1. The molecule has 1 N–H and O–H groups in total. The molecule has 0 spiro atoms. The maximum absolute atomic E-state index is 12.4. The van der Waals surface area contributed by atoms with Crippen molar-refractivity contribution in [2.45, 2.75) is 32.7 Å². The summed E-state index contributed by atoms with van der Waals surface area (Å²) in [6.45, 7) is 2.82. The number of Topliss-reactive ketones (excluding diaryl/α,β-unsaturated/α-hetero) is 1.